The zero-order valence-corrected chi connectivity index (χ0v) is 14.3. The lowest BCUT2D eigenvalue weighted by molar-refractivity contribution is 0.146. The van der Waals surface area contributed by atoms with Gasteiger partial charge in [-0.05, 0) is 31.0 Å². The number of urea groups is 1. The van der Waals surface area contributed by atoms with Crippen molar-refractivity contribution < 1.29 is 19.4 Å². The number of ether oxygens (including phenoxy) is 2. The Labute approximate surface area is 138 Å². The normalized spacial score (nSPS) is 10.4. The molecule has 0 bridgehead atoms. The van der Waals surface area contributed by atoms with Gasteiger partial charge in [0.15, 0.2) is 0 Å². The molecule has 130 valence electrons. The number of nitrogens with zero attached hydrogens (tertiary/aromatic N) is 1. The van der Waals surface area contributed by atoms with Crippen LogP contribution in [0.15, 0.2) is 18.2 Å². The summed E-state index contributed by atoms with van der Waals surface area (Å²) in [6.45, 7) is 5.81. The Morgan fingerprint density at radius 2 is 2.09 bits per heavy atom. The number of methoxy groups -OCH3 is 1. The molecule has 23 heavy (non-hydrogen) atoms. The third-order valence-corrected chi connectivity index (χ3v) is 3.36. The standard InChI is InChI=1S/C17H28N2O4/c1-4-5-8-19(9-10-20)17(21)18-15-7-6-14(2)13-16(15)23-12-11-22-3/h6-7,13,20H,4-5,8-12H2,1-3H3,(H,18,21). The molecule has 0 saturated carbocycles. The van der Waals surface area contributed by atoms with Crippen LogP contribution in [0.5, 0.6) is 5.75 Å². The highest BCUT2D eigenvalue weighted by Gasteiger charge is 2.15. The van der Waals surface area contributed by atoms with E-state index in [1.54, 1.807) is 12.0 Å². The summed E-state index contributed by atoms with van der Waals surface area (Å²) >= 11 is 0. The smallest absolute Gasteiger partial charge is 0.322 e. The van der Waals surface area contributed by atoms with Crippen LogP contribution in [0.25, 0.3) is 0 Å². The molecule has 0 unspecified atom stereocenters. The van der Waals surface area contributed by atoms with Crippen LogP contribution in [0, 0.1) is 6.92 Å². The lowest BCUT2D eigenvalue weighted by Gasteiger charge is -2.23. The van der Waals surface area contributed by atoms with Gasteiger partial charge in [0.2, 0.25) is 0 Å². The first-order valence-corrected chi connectivity index (χ1v) is 8.01. The minimum atomic E-state index is -0.229. The van der Waals surface area contributed by atoms with Crippen molar-refractivity contribution in [2.75, 3.05) is 45.3 Å². The highest BCUT2D eigenvalue weighted by molar-refractivity contribution is 5.91. The third-order valence-electron chi connectivity index (χ3n) is 3.36. The van der Waals surface area contributed by atoms with E-state index >= 15 is 0 Å². The summed E-state index contributed by atoms with van der Waals surface area (Å²) in [7, 11) is 1.61. The van der Waals surface area contributed by atoms with E-state index in [0.717, 1.165) is 18.4 Å². The molecule has 0 radical (unpaired) electrons. The van der Waals surface area contributed by atoms with Gasteiger partial charge in [0.1, 0.15) is 12.4 Å². The first-order valence-electron chi connectivity index (χ1n) is 8.01. The minimum absolute atomic E-state index is 0.0533. The number of amides is 2. The highest BCUT2D eigenvalue weighted by Crippen LogP contribution is 2.26. The number of aliphatic hydroxyl groups excluding tert-OH is 1. The van der Waals surface area contributed by atoms with Crippen LogP contribution in [0.3, 0.4) is 0 Å². The Morgan fingerprint density at radius 3 is 2.74 bits per heavy atom. The summed E-state index contributed by atoms with van der Waals surface area (Å²) in [5.74, 6) is 0.620. The molecule has 6 nitrogen and oxygen atoms in total. The minimum Gasteiger partial charge on any atom is -0.489 e. The first-order chi connectivity index (χ1) is 11.1. The van der Waals surface area contributed by atoms with Gasteiger partial charge < -0.3 is 24.8 Å². The van der Waals surface area contributed by atoms with Crippen molar-refractivity contribution in [1.82, 2.24) is 4.90 Å². The van der Waals surface area contributed by atoms with Crippen LogP contribution < -0.4 is 10.1 Å². The van der Waals surface area contributed by atoms with Crippen molar-refractivity contribution in [2.45, 2.75) is 26.7 Å². The summed E-state index contributed by atoms with van der Waals surface area (Å²) in [6.07, 6.45) is 1.89. The Hall–Kier alpha value is -1.79. The molecule has 0 spiro atoms. The predicted octanol–water partition coefficient (Wildman–Crippen LogP) is 2.65. The molecule has 2 N–H and O–H groups in total. The lowest BCUT2D eigenvalue weighted by Crippen LogP contribution is -2.37. The average molecular weight is 324 g/mol. The average Bonchev–Trinajstić information content (AvgIpc) is 2.54. The molecular formula is C17H28N2O4. The van der Waals surface area contributed by atoms with E-state index in [0.29, 0.717) is 37.7 Å². The van der Waals surface area contributed by atoms with Gasteiger partial charge in [0.05, 0.1) is 18.9 Å². The third kappa shape index (κ3) is 6.88. The van der Waals surface area contributed by atoms with E-state index in [4.69, 9.17) is 14.6 Å². The number of unbranched alkanes of at least 4 members (excludes halogenated alkanes) is 1. The van der Waals surface area contributed by atoms with Crippen molar-refractivity contribution in [2.24, 2.45) is 0 Å². The van der Waals surface area contributed by atoms with Gasteiger partial charge in [0, 0.05) is 20.2 Å². The second-order valence-electron chi connectivity index (χ2n) is 5.34. The lowest BCUT2D eigenvalue weighted by atomic mass is 10.2. The van der Waals surface area contributed by atoms with Gasteiger partial charge in [-0.3, -0.25) is 0 Å². The number of anilines is 1. The number of carbonyl (C=O) groups is 1. The van der Waals surface area contributed by atoms with Crippen LogP contribution in [-0.4, -0.2) is 56.1 Å². The molecule has 0 fully saturated rings. The van der Waals surface area contributed by atoms with Crippen molar-refractivity contribution in [3.63, 3.8) is 0 Å². The fourth-order valence-corrected chi connectivity index (χ4v) is 2.07. The molecule has 0 aliphatic carbocycles. The maximum Gasteiger partial charge on any atom is 0.322 e. The highest BCUT2D eigenvalue weighted by atomic mass is 16.5. The second-order valence-corrected chi connectivity index (χ2v) is 5.34. The van der Waals surface area contributed by atoms with E-state index in [-0.39, 0.29) is 12.6 Å². The van der Waals surface area contributed by atoms with Gasteiger partial charge in [0.25, 0.3) is 0 Å². The van der Waals surface area contributed by atoms with Gasteiger partial charge in [-0.15, -0.1) is 0 Å². The van der Waals surface area contributed by atoms with Crippen molar-refractivity contribution >= 4 is 11.7 Å². The van der Waals surface area contributed by atoms with Gasteiger partial charge in [-0.2, -0.15) is 0 Å². The molecule has 6 heteroatoms. The Bertz CT molecular complexity index is 480. The number of aliphatic hydroxyl groups is 1. The van der Waals surface area contributed by atoms with Gasteiger partial charge >= 0.3 is 6.03 Å². The fraction of sp³-hybridized carbons (Fsp3) is 0.588. The van der Waals surface area contributed by atoms with Gasteiger partial charge in [-0.25, -0.2) is 4.79 Å². The van der Waals surface area contributed by atoms with Crippen molar-refractivity contribution in [1.29, 1.82) is 0 Å². The zero-order valence-electron chi connectivity index (χ0n) is 14.3. The van der Waals surface area contributed by atoms with Crippen molar-refractivity contribution in [3.05, 3.63) is 23.8 Å². The summed E-state index contributed by atoms with van der Waals surface area (Å²) in [6, 6.07) is 5.40. The molecule has 2 amide bonds. The number of hydrogen-bond donors (Lipinski definition) is 2. The van der Waals surface area contributed by atoms with Crippen molar-refractivity contribution in [3.8, 4) is 5.75 Å². The number of rotatable bonds is 10. The second kappa shape index (κ2) is 10.9. The fourth-order valence-electron chi connectivity index (χ4n) is 2.07. The molecule has 1 aromatic carbocycles. The predicted molar refractivity (Wildman–Crippen MR) is 91.1 cm³/mol. The molecular weight excluding hydrogens is 296 g/mol. The number of aryl methyl sites for hydroxylation is 1. The number of nitrogens with one attached hydrogen (secondary N) is 1. The molecule has 0 heterocycles. The van der Waals surface area contributed by atoms with Crippen LogP contribution >= 0.6 is 0 Å². The monoisotopic (exact) mass is 324 g/mol. The van der Waals surface area contributed by atoms with E-state index in [1.165, 1.54) is 0 Å². The topological polar surface area (TPSA) is 71.0 Å². The van der Waals surface area contributed by atoms with E-state index in [2.05, 4.69) is 12.2 Å². The number of benzene rings is 1. The molecule has 0 aromatic heterocycles. The largest absolute Gasteiger partial charge is 0.489 e. The Kier molecular flexibility index (Phi) is 9.09. The first kappa shape index (κ1) is 19.3. The van der Waals surface area contributed by atoms with Crippen LogP contribution in [-0.2, 0) is 4.74 Å². The molecule has 1 rings (SSSR count). The van der Waals surface area contributed by atoms with E-state index in [1.807, 2.05) is 25.1 Å². The quantitative estimate of drug-likeness (QED) is 0.649. The zero-order chi connectivity index (χ0) is 17.1. The molecule has 1 aromatic rings. The Balaban J connectivity index is 2.77. The van der Waals surface area contributed by atoms with Crippen LogP contribution in [0.1, 0.15) is 25.3 Å². The van der Waals surface area contributed by atoms with E-state index in [9.17, 15) is 4.79 Å². The van der Waals surface area contributed by atoms with E-state index < -0.39 is 0 Å². The Morgan fingerprint density at radius 1 is 1.30 bits per heavy atom. The summed E-state index contributed by atoms with van der Waals surface area (Å²) in [4.78, 5) is 14.0. The summed E-state index contributed by atoms with van der Waals surface area (Å²) < 4.78 is 10.7. The summed E-state index contributed by atoms with van der Waals surface area (Å²) in [5, 5.41) is 12.0. The van der Waals surface area contributed by atoms with Crippen LogP contribution in [0.4, 0.5) is 10.5 Å². The summed E-state index contributed by atoms with van der Waals surface area (Å²) in [5.41, 5.74) is 1.67. The molecule has 0 atom stereocenters. The SMILES string of the molecule is CCCCN(CCO)C(=O)Nc1ccc(C)cc1OCCOC. The van der Waals surface area contributed by atoms with Crippen LogP contribution in [0.2, 0.25) is 0 Å². The maximum atomic E-state index is 12.4. The van der Waals surface area contributed by atoms with Gasteiger partial charge in [-0.1, -0.05) is 19.4 Å². The maximum absolute atomic E-state index is 12.4. The number of hydrogen-bond acceptors (Lipinski definition) is 4. The molecule has 0 saturated heterocycles. The molecule has 0 aliphatic rings. The molecule has 0 aliphatic heterocycles. The number of carbonyl (C=O) groups excluding carboxylic acids is 1.